The summed E-state index contributed by atoms with van der Waals surface area (Å²) in [5.41, 5.74) is 5.35. The SMILES string of the molecule is CC1(C)OCC(C(N)=S)O1. The topological polar surface area (TPSA) is 44.5 Å². The van der Waals surface area contributed by atoms with E-state index in [1.54, 1.807) is 0 Å². The van der Waals surface area contributed by atoms with E-state index in [1.165, 1.54) is 0 Å². The summed E-state index contributed by atoms with van der Waals surface area (Å²) in [7, 11) is 0. The monoisotopic (exact) mass is 161 g/mol. The molecule has 0 aliphatic carbocycles. The number of hydrogen-bond acceptors (Lipinski definition) is 3. The van der Waals surface area contributed by atoms with Crippen LogP contribution < -0.4 is 5.73 Å². The predicted octanol–water partition coefficient (Wildman–Crippen LogP) is 0.424. The first-order valence-electron chi connectivity index (χ1n) is 3.12. The summed E-state index contributed by atoms with van der Waals surface area (Å²) >= 11 is 4.73. The molecule has 1 saturated heterocycles. The summed E-state index contributed by atoms with van der Waals surface area (Å²) in [6.45, 7) is 4.15. The molecule has 0 bridgehead atoms. The molecule has 0 saturated carbocycles. The number of ether oxygens (including phenoxy) is 2. The second-order valence-electron chi connectivity index (χ2n) is 2.72. The van der Waals surface area contributed by atoms with E-state index in [9.17, 15) is 0 Å². The molecule has 1 atom stereocenters. The molecule has 1 rings (SSSR count). The molecule has 0 spiro atoms. The number of hydrogen-bond donors (Lipinski definition) is 1. The van der Waals surface area contributed by atoms with Crippen LogP contribution in [-0.2, 0) is 9.47 Å². The van der Waals surface area contributed by atoms with Gasteiger partial charge in [0.2, 0.25) is 0 Å². The second-order valence-corrected chi connectivity index (χ2v) is 3.19. The summed E-state index contributed by atoms with van der Waals surface area (Å²) in [4.78, 5) is 0.366. The molecular formula is C6H11NO2S. The minimum atomic E-state index is -0.520. The van der Waals surface area contributed by atoms with Crippen molar-refractivity contribution in [2.75, 3.05) is 6.61 Å². The quantitative estimate of drug-likeness (QED) is 0.566. The highest BCUT2D eigenvalue weighted by Gasteiger charge is 2.33. The minimum absolute atomic E-state index is 0.204. The molecule has 0 amide bonds. The van der Waals surface area contributed by atoms with Gasteiger partial charge in [0.15, 0.2) is 5.79 Å². The van der Waals surface area contributed by atoms with E-state index in [-0.39, 0.29) is 6.10 Å². The van der Waals surface area contributed by atoms with Crippen molar-refractivity contribution in [1.82, 2.24) is 0 Å². The van der Waals surface area contributed by atoms with Gasteiger partial charge in [-0.3, -0.25) is 0 Å². The van der Waals surface area contributed by atoms with Gasteiger partial charge in [0.25, 0.3) is 0 Å². The van der Waals surface area contributed by atoms with Gasteiger partial charge in [-0.05, 0) is 13.8 Å². The smallest absolute Gasteiger partial charge is 0.163 e. The van der Waals surface area contributed by atoms with Crippen LogP contribution in [0.1, 0.15) is 13.8 Å². The van der Waals surface area contributed by atoms with E-state index >= 15 is 0 Å². The fourth-order valence-electron chi connectivity index (χ4n) is 0.827. The van der Waals surface area contributed by atoms with Crippen molar-refractivity contribution in [3.8, 4) is 0 Å². The van der Waals surface area contributed by atoms with Gasteiger partial charge in [0, 0.05) is 0 Å². The van der Waals surface area contributed by atoms with Crippen LogP contribution >= 0.6 is 12.2 Å². The molecule has 1 heterocycles. The highest BCUT2D eigenvalue weighted by atomic mass is 32.1. The fourth-order valence-corrected chi connectivity index (χ4v) is 0.943. The molecular weight excluding hydrogens is 150 g/mol. The average molecular weight is 161 g/mol. The van der Waals surface area contributed by atoms with Gasteiger partial charge in [-0.15, -0.1) is 0 Å². The Morgan fingerprint density at radius 3 is 2.50 bits per heavy atom. The Kier molecular flexibility index (Phi) is 1.94. The maximum absolute atomic E-state index is 5.35. The normalized spacial score (nSPS) is 30.4. The van der Waals surface area contributed by atoms with E-state index in [2.05, 4.69) is 0 Å². The molecule has 58 valence electrons. The van der Waals surface area contributed by atoms with Crippen LogP contribution in [0.4, 0.5) is 0 Å². The molecule has 2 N–H and O–H groups in total. The number of nitrogens with two attached hydrogens (primary N) is 1. The van der Waals surface area contributed by atoms with Crippen LogP contribution in [0.2, 0.25) is 0 Å². The van der Waals surface area contributed by atoms with Crippen LogP contribution in [0.15, 0.2) is 0 Å². The van der Waals surface area contributed by atoms with Gasteiger partial charge in [-0.25, -0.2) is 0 Å². The van der Waals surface area contributed by atoms with Gasteiger partial charge >= 0.3 is 0 Å². The molecule has 1 aliphatic heterocycles. The fraction of sp³-hybridized carbons (Fsp3) is 0.833. The van der Waals surface area contributed by atoms with Gasteiger partial charge < -0.3 is 15.2 Å². The molecule has 1 aliphatic rings. The Morgan fingerprint density at radius 2 is 2.30 bits per heavy atom. The van der Waals surface area contributed by atoms with Crippen molar-refractivity contribution >= 4 is 17.2 Å². The second kappa shape index (κ2) is 2.45. The van der Waals surface area contributed by atoms with Crippen molar-refractivity contribution in [3.05, 3.63) is 0 Å². The number of rotatable bonds is 1. The van der Waals surface area contributed by atoms with E-state index in [0.717, 1.165) is 0 Å². The summed E-state index contributed by atoms with van der Waals surface area (Å²) < 4.78 is 10.5. The predicted molar refractivity (Wildman–Crippen MR) is 41.7 cm³/mol. The Morgan fingerprint density at radius 1 is 1.70 bits per heavy atom. The van der Waals surface area contributed by atoms with Gasteiger partial charge in [0.05, 0.1) is 6.61 Å². The highest BCUT2D eigenvalue weighted by Crippen LogP contribution is 2.21. The van der Waals surface area contributed by atoms with Gasteiger partial charge in [-0.1, -0.05) is 12.2 Å². The summed E-state index contributed by atoms with van der Waals surface area (Å²) in [6.07, 6.45) is -0.204. The maximum Gasteiger partial charge on any atom is 0.163 e. The Bertz CT molecular complexity index is 158. The molecule has 0 aromatic rings. The van der Waals surface area contributed by atoms with Crippen LogP contribution in [0.3, 0.4) is 0 Å². The zero-order valence-corrected chi connectivity index (χ0v) is 6.90. The third-order valence-corrected chi connectivity index (χ3v) is 1.59. The first-order chi connectivity index (χ1) is 4.51. The molecule has 10 heavy (non-hydrogen) atoms. The van der Waals surface area contributed by atoms with Crippen molar-refractivity contribution < 1.29 is 9.47 Å². The lowest BCUT2D eigenvalue weighted by Crippen LogP contribution is -2.30. The van der Waals surface area contributed by atoms with Crippen molar-refractivity contribution in [2.24, 2.45) is 5.73 Å². The van der Waals surface area contributed by atoms with Crippen LogP contribution in [0.25, 0.3) is 0 Å². The molecule has 1 fully saturated rings. The maximum atomic E-state index is 5.35. The lowest BCUT2D eigenvalue weighted by Gasteiger charge is -2.16. The molecule has 0 aromatic carbocycles. The molecule has 0 aromatic heterocycles. The van der Waals surface area contributed by atoms with E-state index in [4.69, 9.17) is 27.4 Å². The van der Waals surface area contributed by atoms with Crippen LogP contribution in [0, 0.1) is 0 Å². The lowest BCUT2D eigenvalue weighted by molar-refractivity contribution is -0.131. The standard InChI is InChI=1S/C6H11NO2S/c1-6(2)8-3-4(9-6)5(7)10/h4H,3H2,1-2H3,(H2,7,10). The lowest BCUT2D eigenvalue weighted by atomic mass is 10.4. The first kappa shape index (κ1) is 7.91. The Hall–Kier alpha value is -0.190. The number of thiocarbonyl (C=S) groups is 1. The van der Waals surface area contributed by atoms with Gasteiger partial charge in [0.1, 0.15) is 11.1 Å². The van der Waals surface area contributed by atoms with Crippen molar-refractivity contribution in [1.29, 1.82) is 0 Å². The van der Waals surface area contributed by atoms with Crippen molar-refractivity contribution in [2.45, 2.75) is 25.7 Å². The molecule has 1 unspecified atom stereocenters. The highest BCUT2D eigenvalue weighted by molar-refractivity contribution is 7.80. The van der Waals surface area contributed by atoms with Crippen molar-refractivity contribution in [3.63, 3.8) is 0 Å². The largest absolute Gasteiger partial charge is 0.391 e. The van der Waals surface area contributed by atoms with E-state index in [0.29, 0.717) is 11.6 Å². The molecule has 3 nitrogen and oxygen atoms in total. The summed E-state index contributed by atoms with van der Waals surface area (Å²) in [5.74, 6) is -0.520. The Balaban J connectivity index is 2.51. The molecule has 4 heteroatoms. The first-order valence-corrected chi connectivity index (χ1v) is 3.53. The van der Waals surface area contributed by atoms with E-state index in [1.807, 2.05) is 13.8 Å². The van der Waals surface area contributed by atoms with E-state index < -0.39 is 5.79 Å². The Labute approximate surface area is 65.5 Å². The third-order valence-electron chi connectivity index (χ3n) is 1.33. The third kappa shape index (κ3) is 1.65. The van der Waals surface area contributed by atoms with Crippen LogP contribution in [0.5, 0.6) is 0 Å². The summed E-state index contributed by atoms with van der Waals surface area (Å²) in [5, 5.41) is 0. The zero-order valence-electron chi connectivity index (χ0n) is 6.09. The molecule has 0 radical (unpaired) electrons. The average Bonchev–Trinajstić information content (AvgIpc) is 2.10. The minimum Gasteiger partial charge on any atom is -0.391 e. The van der Waals surface area contributed by atoms with Gasteiger partial charge in [-0.2, -0.15) is 0 Å². The van der Waals surface area contributed by atoms with Crippen LogP contribution in [-0.4, -0.2) is 23.5 Å². The summed E-state index contributed by atoms with van der Waals surface area (Å²) in [6, 6.07) is 0. The zero-order chi connectivity index (χ0) is 7.78.